The van der Waals surface area contributed by atoms with Gasteiger partial charge in [0.1, 0.15) is 5.65 Å². The highest BCUT2D eigenvalue weighted by molar-refractivity contribution is 6.21. The first kappa shape index (κ1) is 17.9. The molecule has 4 rings (SSSR count). The van der Waals surface area contributed by atoms with Gasteiger partial charge in [-0.25, -0.2) is 4.98 Å². The molecule has 0 fully saturated rings. The van der Waals surface area contributed by atoms with Crippen molar-refractivity contribution in [1.29, 1.82) is 0 Å². The van der Waals surface area contributed by atoms with E-state index in [1.54, 1.807) is 24.3 Å². The third-order valence-electron chi connectivity index (χ3n) is 4.88. The largest absolute Gasteiger partial charge is 0.350 e. The molecule has 3 amide bonds. The molecule has 142 valence electrons. The van der Waals surface area contributed by atoms with E-state index in [2.05, 4.69) is 10.3 Å². The molecule has 1 aliphatic rings. The van der Waals surface area contributed by atoms with Crippen LogP contribution < -0.4 is 5.32 Å². The Morgan fingerprint density at radius 2 is 1.75 bits per heavy atom. The summed E-state index contributed by atoms with van der Waals surface area (Å²) in [6, 6.07) is 12.6. The van der Waals surface area contributed by atoms with E-state index in [1.807, 2.05) is 35.7 Å². The van der Waals surface area contributed by atoms with E-state index in [9.17, 15) is 14.4 Å². The summed E-state index contributed by atoms with van der Waals surface area (Å²) in [5, 5.41) is 2.84. The molecule has 0 saturated heterocycles. The smallest absolute Gasteiger partial charge is 0.261 e. The standard InChI is InChI=1S/C21H20N4O3/c1-14-6-4-9-18-23-15(13-25(14)18)12-22-19(26)10-5-11-24-20(27)16-7-2-3-8-17(16)21(24)28/h2-4,6-9,13H,5,10-12H2,1H3,(H,22,26). The van der Waals surface area contributed by atoms with Crippen molar-refractivity contribution in [1.82, 2.24) is 19.6 Å². The molecule has 0 unspecified atom stereocenters. The minimum atomic E-state index is -0.291. The van der Waals surface area contributed by atoms with Gasteiger partial charge in [-0.3, -0.25) is 19.3 Å². The highest BCUT2D eigenvalue weighted by Crippen LogP contribution is 2.22. The summed E-state index contributed by atoms with van der Waals surface area (Å²) >= 11 is 0. The van der Waals surface area contributed by atoms with Crippen molar-refractivity contribution in [3.63, 3.8) is 0 Å². The summed E-state index contributed by atoms with van der Waals surface area (Å²) < 4.78 is 1.98. The first-order chi connectivity index (χ1) is 13.5. The Morgan fingerprint density at radius 3 is 2.43 bits per heavy atom. The summed E-state index contributed by atoms with van der Waals surface area (Å²) in [6.45, 7) is 2.57. The molecule has 0 atom stereocenters. The van der Waals surface area contributed by atoms with Crippen LogP contribution in [0.25, 0.3) is 5.65 Å². The number of hydrogen-bond donors (Lipinski definition) is 1. The van der Waals surface area contributed by atoms with E-state index in [-0.39, 0.29) is 30.7 Å². The number of nitrogens with one attached hydrogen (secondary N) is 1. The molecule has 1 aromatic carbocycles. The Balaban J connectivity index is 1.28. The number of pyridine rings is 1. The topological polar surface area (TPSA) is 83.8 Å². The maximum absolute atomic E-state index is 12.3. The number of nitrogens with zero attached hydrogens (tertiary/aromatic N) is 3. The fourth-order valence-corrected chi connectivity index (χ4v) is 3.40. The zero-order valence-electron chi connectivity index (χ0n) is 15.5. The van der Waals surface area contributed by atoms with E-state index in [1.165, 1.54) is 4.90 Å². The lowest BCUT2D eigenvalue weighted by Gasteiger charge is -2.13. The maximum Gasteiger partial charge on any atom is 0.261 e. The van der Waals surface area contributed by atoms with Crippen molar-refractivity contribution in [2.45, 2.75) is 26.3 Å². The minimum absolute atomic E-state index is 0.134. The number of carbonyl (C=O) groups excluding carboxylic acids is 3. The molecule has 2 aromatic heterocycles. The van der Waals surface area contributed by atoms with Gasteiger partial charge >= 0.3 is 0 Å². The number of benzene rings is 1. The van der Waals surface area contributed by atoms with Gasteiger partial charge in [-0.15, -0.1) is 0 Å². The monoisotopic (exact) mass is 376 g/mol. The van der Waals surface area contributed by atoms with Gasteiger partial charge < -0.3 is 9.72 Å². The van der Waals surface area contributed by atoms with E-state index in [4.69, 9.17) is 0 Å². The number of amides is 3. The van der Waals surface area contributed by atoms with Crippen LogP contribution in [0.4, 0.5) is 0 Å². The molecule has 28 heavy (non-hydrogen) atoms. The zero-order valence-corrected chi connectivity index (χ0v) is 15.5. The van der Waals surface area contributed by atoms with E-state index in [0.717, 1.165) is 17.0 Å². The molecule has 0 aliphatic carbocycles. The van der Waals surface area contributed by atoms with Crippen molar-refractivity contribution in [2.24, 2.45) is 0 Å². The van der Waals surface area contributed by atoms with E-state index in [0.29, 0.717) is 24.1 Å². The number of carbonyl (C=O) groups is 3. The third kappa shape index (κ3) is 3.26. The lowest BCUT2D eigenvalue weighted by molar-refractivity contribution is -0.121. The van der Waals surface area contributed by atoms with E-state index < -0.39 is 0 Å². The van der Waals surface area contributed by atoms with Crippen LogP contribution in [0.5, 0.6) is 0 Å². The van der Waals surface area contributed by atoms with Crippen LogP contribution in [0.15, 0.2) is 48.7 Å². The normalized spacial score (nSPS) is 13.2. The van der Waals surface area contributed by atoms with Gasteiger partial charge in [0, 0.05) is 24.9 Å². The molecule has 1 aliphatic heterocycles. The molecule has 0 spiro atoms. The second-order valence-corrected chi connectivity index (χ2v) is 6.82. The van der Waals surface area contributed by atoms with Crippen LogP contribution in [0.1, 0.15) is 44.9 Å². The average Bonchev–Trinajstić information content (AvgIpc) is 3.22. The van der Waals surface area contributed by atoms with Gasteiger partial charge in [-0.2, -0.15) is 0 Å². The number of imidazole rings is 1. The molecular formula is C21H20N4O3. The van der Waals surface area contributed by atoms with Crippen molar-refractivity contribution in [3.05, 3.63) is 71.2 Å². The van der Waals surface area contributed by atoms with Crippen molar-refractivity contribution in [3.8, 4) is 0 Å². The first-order valence-corrected chi connectivity index (χ1v) is 9.20. The zero-order chi connectivity index (χ0) is 19.7. The van der Waals surface area contributed by atoms with Crippen LogP contribution in [-0.4, -0.2) is 38.6 Å². The van der Waals surface area contributed by atoms with Crippen molar-refractivity contribution >= 4 is 23.4 Å². The molecular weight excluding hydrogens is 356 g/mol. The summed E-state index contributed by atoms with van der Waals surface area (Å²) in [5.74, 6) is -0.715. The molecule has 0 radical (unpaired) electrons. The summed E-state index contributed by atoms with van der Waals surface area (Å²) in [7, 11) is 0. The van der Waals surface area contributed by atoms with E-state index >= 15 is 0 Å². The number of hydrogen-bond acceptors (Lipinski definition) is 4. The lowest BCUT2D eigenvalue weighted by Crippen LogP contribution is -2.32. The number of imide groups is 1. The highest BCUT2D eigenvalue weighted by Gasteiger charge is 2.34. The molecule has 0 bridgehead atoms. The number of rotatable bonds is 6. The Bertz CT molecular complexity index is 1050. The fraction of sp³-hybridized carbons (Fsp3) is 0.238. The second kappa shape index (κ2) is 7.26. The molecule has 3 aromatic rings. The first-order valence-electron chi connectivity index (χ1n) is 9.20. The van der Waals surface area contributed by atoms with Gasteiger partial charge in [0.15, 0.2) is 0 Å². The number of aryl methyl sites for hydroxylation is 1. The molecule has 1 N–H and O–H groups in total. The molecule has 0 saturated carbocycles. The average molecular weight is 376 g/mol. The van der Waals surface area contributed by atoms with Crippen LogP contribution in [-0.2, 0) is 11.3 Å². The lowest BCUT2D eigenvalue weighted by atomic mass is 10.1. The maximum atomic E-state index is 12.3. The Morgan fingerprint density at radius 1 is 1.04 bits per heavy atom. The predicted molar refractivity (Wildman–Crippen MR) is 103 cm³/mol. The van der Waals surface area contributed by atoms with Crippen LogP contribution in [0.3, 0.4) is 0 Å². The van der Waals surface area contributed by atoms with Crippen molar-refractivity contribution < 1.29 is 14.4 Å². The van der Waals surface area contributed by atoms with Gasteiger partial charge in [0.2, 0.25) is 5.91 Å². The number of fused-ring (bicyclic) bond motifs is 2. The second-order valence-electron chi connectivity index (χ2n) is 6.82. The third-order valence-corrected chi connectivity index (χ3v) is 4.88. The summed E-state index contributed by atoms with van der Waals surface area (Å²) in [4.78, 5) is 42.4. The predicted octanol–water partition coefficient (Wildman–Crippen LogP) is 2.34. The minimum Gasteiger partial charge on any atom is -0.350 e. The highest BCUT2D eigenvalue weighted by atomic mass is 16.2. The van der Waals surface area contributed by atoms with Gasteiger partial charge in [-0.1, -0.05) is 18.2 Å². The fourth-order valence-electron chi connectivity index (χ4n) is 3.40. The Labute approximate surface area is 162 Å². The summed E-state index contributed by atoms with van der Waals surface area (Å²) in [6.07, 6.45) is 2.56. The van der Waals surface area contributed by atoms with Gasteiger partial charge in [0.25, 0.3) is 11.8 Å². The Hall–Kier alpha value is -3.48. The molecule has 7 nitrogen and oxygen atoms in total. The van der Waals surface area contributed by atoms with Gasteiger partial charge in [0.05, 0.1) is 23.4 Å². The van der Waals surface area contributed by atoms with Crippen molar-refractivity contribution in [2.75, 3.05) is 6.54 Å². The van der Waals surface area contributed by atoms with Gasteiger partial charge in [-0.05, 0) is 37.6 Å². The van der Waals surface area contributed by atoms with Crippen LogP contribution in [0.2, 0.25) is 0 Å². The molecule has 7 heteroatoms. The number of aromatic nitrogens is 2. The SMILES string of the molecule is Cc1cccc2nc(CNC(=O)CCCN3C(=O)c4ccccc4C3=O)cn12. The van der Waals surface area contributed by atoms with Crippen LogP contribution >= 0.6 is 0 Å². The Kier molecular flexibility index (Phi) is 4.65. The van der Waals surface area contributed by atoms with Crippen LogP contribution in [0, 0.1) is 6.92 Å². The molecule has 3 heterocycles. The summed E-state index contributed by atoms with van der Waals surface area (Å²) in [5.41, 5.74) is 3.56. The quantitative estimate of drug-likeness (QED) is 0.670.